The average molecular weight is 359 g/mol. The van der Waals surface area contributed by atoms with Crippen LogP contribution in [0.25, 0.3) is 11.0 Å². The number of carbonyl (C=O) groups excluding carboxylic acids is 1. The highest BCUT2D eigenvalue weighted by Crippen LogP contribution is 2.31. The number of rotatable bonds is 5. The number of carbonyl (C=O) groups is 1. The summed E-state index contributed by atoms with van der Waals surface area (Å²) in [4.78, 5) is 12.2. The first-order chi connectivity index (χ1) is 9.56. The van der Waals surface area contributed by atoms with Gasteiger partial charge in [0.1, 0.15) is 17.8 Å². The summed E-state index contributed by atoms with van der Waals surface area (Å²) in [5, 5.41) is 0.777. The van der Waals surface area contributed by atoms with Gasteiger partial charge in [-0.25, -0.2) is 0 Å². The molecule has 0 radical (unpaired) electrons. The van der Waals surface area contributed by atoms with E-state index in [-0.39, 0.29) is 12.4 Å². The molecule has 0 saturated carbocycles. The third-order valence-electron chi connectivity index (χ3n) is 2.77. The second-order valence-electron chi connectivity index (χ2n) is 4.11. The molecule has 0 aliphatic carbocycles. The van der Waals surface area contributed by atoms with Gasteiger partial charge in [-0.15, -0.1) is 0 Å². The van der Waals surface area contributed by atoms with Crippen molar-refractivity contribution in [3.63, 3.8) is 0 Å². The van der Waals surface area contributed by atoms with E-state index < -0.39 is 10.8 Å². The van der Waals surface area contributed by atoms with Gasteiger partial charge in [-0.05, 0) is 25.1 Å². The Morgan fingerprint density at radius 2 is 2.15 bits per heavy atom. The number of fused-ring (bicyclic) bond motifs is 1. The van der Waals surface area contributed by atoms with E-state index >= 15 is 0 Å². The lowest BCUT2D eigenvalue weighted by Gasteiger charge is -2.02. The molecule has 0 aliphatic heterocycles. The van der Waals surface area contributed by atoms with Gasteiger partial charge in [-0.2, -0.15) is 0 Å². The molecule has 2 rings (SSSR count). The Hall–Kier alpha value is -1.14. The normalized spacial score (nSPS) is 12.6. The molecule has 0 fully saturated rings. The monoisotopic (exact) mass is 358 g/mol. The molecule has 20 heavy (non-hydrogen) atoms. The second-order valence-corrected chi connectivity index (χ2v) is 6.70. The first-order valence-electron chi connectivity index (χ1n) is 6.31. The first kappa shape index (κ1) is 15.3. The lowest BCUT2D eigenvalue weighted by atomic mass is 10.2. The van der Waals surface area contributed by atoms with Crippen LogP contribution in [0.4, 0.5) is 0 Å². The van der Waals surface area contributed by atoms with Crippen molar-refractivity contribution in [3.05, 3.63) is 28.4 Å². The van der Waals surface area contributed by atoms with Crippen LogP contribution < -0.4 is 0 Å². The minimum atomic E-state index is -1.20. The Bertz CT molecular complexity index is 662. The number of halogens is 1. The Morgan fingerprint density at radius 3 is 2.80 bits per heavy atom. The van der Waals surface area contributed by atoms with Crippen LogP contribution in [-0.2, 0) is 26.8 Å². The van der Waals surface area contributed by atoms with Crippen LogP contribution in [0.2, 0.25) is 0 Å². The molecule has 0 bridgehead atoms. The molecule has 4 nitrogen and oxygen atoms in total. The molecule has 0 unspecified atom stereocenters. The van der Waals surface area contributed by atoms with Crippen molar-refractivity contribution in [2.45, 2.75) is 25.2 Å². The van der Waals surface area contributed by atoms with E-state index in [0.29, 0.717) is 28.6 Å². The van der Waals surface area contributed by atoms with E-state index in [1.807, 2.05) is 19.1 Å². The van der Waals surface area contributed by atoms with Gasteiger partial charge >= 0.3 is 5.97 Å². The summed E-state index contributed by atoms with van der Waals surface area (Å²) in [7, 11) is -1.20. The van der Waals surface area contributed by atoms with Crippen molar-refractivity contribution >= 4 is 43.7 Å². The van der Waals surface area contributed by atoms with Crippen molar-refractivity contribution in [2.24, 2.45) is 0 Å². The first-order valence-corrected chi connectivity index (χ1v) is 8.42. The number of hydrogen-bond acceptors (Lipinski definition) is 4. The molecule has 6 heteroatoms. The lowest BCUT2D eigenvalue weighted by Crippen LogP contribution is -2.09. The van der Waals surface area contributed by atoms with Crippen LogP contribution in [0.15, 0.2) is 32.0 Å². The zero-order valence-corrected chi connectivity index (χ0v) is 13.7. The minimum absolute atomic E-state index is 0.00120. The van der Waals surface area contributed by atoms with Crippen LogP contribution in [0.3, 0.4) is 0 Å². The van der Waals surface area contributed by atoms with Gasteiger partial charge in [0.2, 0.25) is 0 Å². The van der Waals surface area contributed by atoms with Crippen molar-refractivity contribution in [2.75, 3.05) is 12.4 Å². The van der Waals surface area contributed by atoms with Crippen LogP contribution in [0.5, 0.6) is 0 Å². The highest BCUT2D eigenvalue weighted by molar-refractivity contribution is 9.10. The lowest BCUT2D eigenvalue weighted by molar-refractivity contribution is -0.142. The topological polar surface area (TPSA) is 56.5 Å². The highest BCUT2D eigenvalue weighted by atomic mass is 79.9. The molecule has 108 valence electrons. The molecule has 0 N–H and O–H groups in total. The maximum Gasteiger partial charge on any atom is 0.313 e. The molecular formula is C14H15BrO4S. The van der Waals surface area contributed by atoms with Gasteiger partial charge in [0.15, 0.2) is 0 Å². The Morgan fingerprint density at radius 1 is 1.40 bits per heavy atom. The maximum atomic E-state index is 12.2. The van der Waals surface area contributed by atoms with Crippen LogP contribution in [0, 0.1) is 0 Å². The molecule has 0 aliphatic rings. The molecule has 1 atom stereocenters. The van der Waals surface area contributed by atoms with Gasteiger partial charge in [-0.1, -0.05) is 22.9 Å². The number of ether oxygens (including phenoxy) is 1. The van der Waals surface area contributed by atoms with Crippen LogP contribution in [0.1, 0.15) is 19.6 Å². The Kier molecular flexibility index (Phi) is 4.99. The highest BCUT2D eigenvalue weighted by Gasteiger charge is 2.21. The van der Waals surface area contributed by atoms with E-state index in [4.69, 9.17) is 9.15 Å². The second kappa shape index (κ2) is 6.54. The van der Waals surface area contributed by atoms with Crippen LogP contribution in [-0.4, -0.2) is 22.5 Å². The molecule has 0 spiro atoms. The SMILES string of the molecule is CCOC(=O)Cc1oc2ccc(Br)cc2c1[S@@](=O)CC. The summed E-state index contributed by atoms with van der Waals surface area (Å²) < 4.78 is 23.7. The molecule has 1 aromatic carbocycles. The van der Waals surface area contributed by atoms with Gasteiger partial charge in [-0.3, -0.25) is 9.00 Å². The summed E-state index contributed by atoms with van der Waals surface area (Å²) in [6.45, 7) is 3.90. The fraction of sp³-hybridized carbons (Fsp3) is 0.357. The third kappa shape index (κ3) is 3.12. The van der Waals surface area contributed by atoms with E-state index in [2.05, 4.69) is 15.9 Å². The fourth-order valence-electron chi connectivity index (χ4n) is 1.95. The summed E-state index contributed by atoms with van der Waals surface area (Å²) in [6, 6.07) is 5.50. The predicted octanol–water partition coefficient (Wildman–Crippen LogP) is 3.43. The van der Waals surface area contributed by atoms with Crippen molar-refractivity contribution < 1.29 is 18.2 Å². The molecular weight excluding hydrogens is 344 g/mol. The smallest absolute Gasteiger partial charge is 0.313 e. The van der Waals surface area contributed by atoms with Crippen LogP contribution >= 0.6 is 15.9 Å². The zero-order valence-electron chi connectivity index (χ0n) is 11.3. The third-order valence-corrected chi connectivity index (χ3v) is 4.69. The van der Waals surface area contributed by atoms with E-state index in [1.165, 1.54) is 0 Å². The zero-order chi connectivity index (χ0) is 14.7. The van der Waals surface area contributed by atoms with E-state index in [9.17, 15) is 9.00 Å². The minimum Gasteiger partial charge on any atom is -0.466 e. The molecule has 0 amide bonds. The van der Waals surface area contributed by atoms with E-state index in [0.717, 1.165) is 9.86 Å². The maximum absolute atomic E-state index is 12.2. The summed E-state index contributed by atoms with van der Waals surface area (Å²) >= 11 is 3.39. The van der Waals surface area contributed by atoms with Crippen molar-refractivity contribution in [3.8, 4) is 0 Å². The summed E-state index contributed by atoms with van der Waals surface area (Å²) in [5.74, 6) is 0.522. The molecule has 0 saturated heterocycles. The standard InChI is InChI=1S/C14H15BrO4S/c1-3-18-13(16)8-12-14(20(17)4-2)10-7-9(15)5-6-11(10)19-12/h5-7H,3-4,8H2,1-2H3/t20-/m0/s1. The van der Waals surface area contributed by atoms with Gasteiger partial charge < -0.3 is 9.15 Å². The van der Waals surface area contributed by atoms with E-state index in [1.54, 1.807) is 13.0 Å². The van der Waals surface area contributed by atoms with Crippen molar-refractivity contribution in [1.29, 1.82) is 0 Å². The number of furan rings is 1. The predicted molar refractivity (Wildman–Crippen MR) is 81.2 cm³/mol. The van der Waals surface area contributed by atoms with Gasteiger partial charge in [0.25, 0.3) is 0 Å². The summed E-state index contributed by atoms with van der Waals surface area (Å²) in [5.41, 5.74) is 0.629. The Balaban J connectivity index is 2.52. The van der Waals surface area contributed by atoms with Crippen molar-refractivity contribution in [1.82, 2.24) is 0 Å². The Labute approximate surface area is 128 Å². The summed E-state index contributed by atoms with van der Waals surface area (Å²) in [6.07, 6.45) is 0.00120. The fourth-order valence-corrected chi connectivity index (χ4v) is 3.37. The van der Waals surface area contributed by atoms with Gasteiger partial charge in [0.05, 0.1) is 22.3 Å². The largest absolute Gasteiger partial charge is 0.466 e. The molecule has 2 aromatic rings. The average Bonchev–Trinajstić information content (AvgIpc) is 2.75. The number of benzene rings is 1. The molecule has 1 heterocycles. The molecule has 1 aromatic heterocycles. The number of esters is 1. The quantitative estimate of drug-likeness (QED) is 0.768. The van der Waals surface area contributed by atoms with Gasteiger partial charge in [0, 0.05) is 15.6 Å². The number of hydrogen-bond donors (Lipinski definition) is 0.